The first-order chi connectivity index (χ1) is 14.0. The fourth-order valence-electron chi connectivity index (χ4n) is 3.63. The van der Waals surface area contributed by atoms with Crippen LogP contribution >= 0.6 is 0 Å². The molecule has 150 valence electrons. The van der Waals surface area contributed by atoms with Gasteiger partial charge < -0.3 is 14.7 Å². The van der Waals surface area contributed by atoms with Gasteiger partial charge in [0.1, 0.15) is 11.5 Å². The summed E-state index contributed by atoms with van der Waals surface area (Å²) in [5.74, 6) is 0.571. The third kappa shape index (κ3) is 4.11. The number of ether oxygens (including phenoxy) is 1. The van der Waals surface area contributed by atoms with E-state index < -0.39 is 0 Å². The predicted molar refractivity (Wildman–Crippen MR) is 118 cm³/mol. The number of carbonyl (C=O) groups is 1. The molecule has 0 aliphatic rings. The van der Waals surface area contributed by atoms with Crippen molar-refractivity contribution < 1.29 is 14.6 Å². The van der Waals surface area contributed by atoms with Crippen LogP contribution in [0.5, 0.6) is 11.5 Å². The molecule has 0 aliphatic carbocycles. The second-order valence-electron chi connectivity index (χ2n) is 6.96. The van der Waals surface area contributed by atoms with Gasteiger partial charge >= 0.3 is 0 Å². The number of hydrogen-bond donors (Lipinski definition) is 1. The molecule has 4 nitrogen and oxygen atoms in total. The monoisotopic (exact) mass is 389 g/mol. The third-order valence-corrected chi connectivity index (χ3v) is 5.15. The molecule has 3 rings (SSSR count). The highest BCUT2D eigenvalue weighted by atomic mass is 16.5. The Morgan fingerprint density at radius 2 is 1.72 bits per heavy atom. The lowest BCUT2D eigenvalue weighted by molar-refractivity contribution is 0.103. The number of hydrogen-bond acceptors (Lipinski definition) is 4. The summed E-state index contributed by atoms with van der Waals surface area (Å²) in [5, 5.41) is 10.8. The molecular weight excluding hydrogens is 362 g/mol. The molecule has 0 fully saturated rings. The zero-order valence-corrected chi connectivity index (χ0v) is 17.4. The Kier molecular flexibility index (Phi) is 6.23. The number of anilines is 1. The van der Waals surface area contributed by atoms with Crippen molar-refractivity contribution in [3.05, 3.63) is 77.4 Å². The summed E-state index contributed by atoms with van der Waals surface area (Å²) in [6.07, 6.45) is 0. The summed E-state index contributed by atoms with van der Waals surface area (Å²) >= 11 is 0. The molecule has 0 bridgehead atoms. The number of benzene rings is 3. The molecule has 4 heteroatoms. The van der Waals surface area contributed by atoms with E-state index in [1.165, 1.54) is 0 Å². The summed E-state index contributed by atoms with van der Waals surface area (Å²) < 4.78 is 5.55. The van der Waals surface area contributed by atoms with E-state index in [1.807, 2.05) is 43.3 Å². The molecule has 0 aliphatic heterocycles. The average Bonchev–Trinajstić information content (AvgIpc) is 2.74. The maximum atomic E-state index is 13.3. The first-order valence-corrected chi connectivity index (χ1v) is 9.86. The van der Waals surface area contributed by atoms with Crippen molar-refractivity contribution in [2.45, 2.75) is 20.8 Å². The van der Waals surface area contributed by atoms with Crippen molar-refractivity contribution in [3.63, 3.8) is 0 Å². The van der Waals surface area contributed by atoms with Crippen LogP contribution in [0.15, 0.2) is 60.7 Å². The van der Waals surface area contributed by atoms with Gasteiger partial charge in [0.25, 0.3) is 0 Å². The van der Waals surface area contributed by atoms with Gasteiger partial charge in [-0.1, -0.05) is 35.9 Å². The van der Waals surface area contributed by atoms with Crippen molar-refractivity contribution >= 4 is 11.5 Å². The minimum atomic E-state index is -0.102. The average molecular weight is 389 g/mol. The number of methoxy groups -OCH3 is 1. The van der Waals surface area contributed by atoms with E-state index in [0.717, 1.165) is 24.3 Å². The fraction of sp³-hybridized carbons (Fsp3) is 0.240. The summed E-state index contributed by atoms with van der Waals surface area (Å²) in [6, 6.07) is 18.5. The minimum absolute atomic E-state index is 0.102. The molecule has 0 spiro atoms. The molecular formula is C25H27NO3. The van der Waals surface area contributed by atoms with E-state index >= 15 is 0 Å². The van der Waals surface area contributed by atoms with Crippen molar-refractivity contribution in [3.8, 4) is 22.6 Å². The van der Waals surface area contributed by atoms with E-state index in [1.54, 1.807) is 31.4 Å². The maximum Gasteiger partial charge on any atom is 0.193 e. The van der Waals surface area contributed by atoms with Crippen LogP contribution in [0.4, 0.5) is 5.69 Å². The van der Waals surface area contributed by atoms with Gasteiger partial charge in [-0.25, -0.2) is 0 Å². The SMILES string of the molecule is CCN(CC)c1ccc(-c2c(OC)cccc2C(=O)c2cccc(C)c2)c(O)c1. The smallest absolute Gasteiger partial charge is 0.193 e. The number of aromatic hydroxyl groups is 1. The zero-order chi connectivity index (χ0) is 21.0. The largest absolute Gasteiger partial charge is 0.507 e. The Balaban J connectivity index is 2.16. The maximum absolute atomic E-state index is 13.3. The molecule has 0 aromatic heterocycles. The fourth-order valence-corrected chi connectivity index (χ4v) is 3.63. The van der Waals surface area contributed by atoms with Crippen LogP contribution < -0.4 is 9.64 Å². The highest BCUT2D eigenvalue weighted by Crippen LogP contribution is 2.41. The molecule has 29 heavy (non-hydrogen) atoms. The van der Waals surface area contributed by atoms with Gasteiger partial charge in [0, 0.05) is 47.1 Å². The number of nitrogens with zero attached hydrogens (tertiary/aromatic N) is 1. The summed E-state index contributed by atoms with van der Waals surface area (Å²) in [4.78, 5) is 15.5. The molecule has 0 heterocycles. The molecule has 3 aromatic carbocycles. The topological polar surface area (TPSA) is 49.8 Å². The summed E-state index contributed by atoms with van der Waals surface area (Å²) in [7, 11) is 1.57. The molecule has 0 radical (unpaired) electrons. The highest BCUT2D eigenvalue weighted by Gasteiger charge is 2.21. The molecule has 1 N–H and O–H groups in total. The number of ketones is 1. The van der Waals surface area contributed by atoms with Crippen LogP contribution in [0, 0.1) is 6.92 Å². The van der Waals surface area contributed by atoms with E-state index in [9.17, 15) is 9.90 Å². The lowest BCUT2D eigenvalue weighted by Crippen LogP contribution is -2.21. The van der Waals surface area contributed by atoms with Gasteiger partial charge in [-0.2, -0.15) is 0 Å². The Morgan fingerprint density at radius 3 is 2.34 bits per heavy atom. The normalized spacial score (nSPS) is 10.6. The number of carbonyl (C=O) groups excluding carboxylic acids is 1. The second-order valence-corrected chi connectivity index (χ2v) is 6.96. The molecule has 0 amide bonds. The first-order valence-electron chi connectivity index (χ1n) is 9.86. The third-order valence-electron chi connectivity index (χ3n) is 5.15. The lowest BCUT2D eigenvalue weighted by atomic mass is 9.92. The number of phenols is 1. The van der Waals surface area contributed by atoms with Crippen LogP contribution in [-0.2, 0) is 0 Å². The number of rotatable bonds is 7. The van der Waals surface area contributed by atoms with Gasteiger partial charge in [0.05, 0.1) is 7.11 Å². The van der Waals surface area contributed by atoms with Gasteiger partial charge in [-0.05, 0) is 45.0 Å². The highest BCUT2D eigenvalue weighted by molar-refractivity contribution is 6.14. The zero-order valence-electron chi connectivity index (χ0n) is 17.4. The molecule has 0 saturated carbocycles. The van der Waals surface area contributed by atoms with Crippen LogP contribution in [0.2, 0.25) is 0 Å². The quantitative estimate of drug-likeness (QED) is 0.546. The van der Waals surface area contributed by atoms with Crippen LogP contribution in [0.25, 0.3) is 11.1 Å². The van der Waals surface area contributed by atoms with Crippen LogP contribution in [0.3, 0.4) is 0 Å². The van der Waals surface area contributed by atoms with Gasteiger partial charge in [0.2, 0.25) is 0 Å². The molecule has 0 unspecified atom stereocenters. The van der Waals surface area contributed by atoms with Crippen molar-refractivity contribution in [1.82, 2.24) is 0 Å². The minimum Gasteiger partial charge on any atom is -0.507 e. The standard InChI is InChI=1S/C25H27NO3/c1-5-26(6-2)19-13-14-20(22(27)16-19)24-21(11-8-12-23(24)29-4)25(28)18-10-7-9-17(3)15-18/h7-16,27H,5-6H2,1-4H3. The van der Waals surface area contributed by atoms with Gasteiger partial charge in [0.15, 0.2) is 5.78 Å². The Hall–Kier alpha value is -3.27. The van der Waals surface area contributed by atoms with Crippen molar-refractivity contribution in [2.75, 3.05) is 25.1 Å². The van der Waals surface area contributed by atoms with Crippen LogP contribution in [0.1, 0.15) is 35.3 Å². The predicted octanol–water partition coefficient (Wildman–Crippen LogP) is 5.45. The summed E-state index contributed by atoms with van der Waals surface area (Å²) in [6.45, 7) is 7.81. The van der Waals surface area contributed by atoms with E-state index in [2.05, 4.69) is 18.7 Å². The number of aryl methyl sites for hydroxylation is 1. The first kappa shape index (κ1) is 20.5. The Labute approximate surface area is 172 Å². The van der Waals surface area contributed by atoms with Crippen LogP contribution in [-0.4, -0.2) is 31.1 Å². The van der Waals surface area contributed by atoms with E-state index in [4.69, 9.17) is 4.74 Å². The lowest BCUT2D eigenvalue weighted by Gasteiger charge is -2.22. The Morgan fingerprint density at radius 1 is 1.00 bits per heavy atom. The van der Waals surface area contributed by atoms with Crippen molar-refractivity contribution in [1.29, 1.82) is 0 Å². The second kappa shape index (κ2) is 8.82. The number of phenolic OH excluding ortho intramolecular Hbond substituents is 1. The van der Waals surface area contributed by atoms with E-state index in [-0.39, 0.29) is 11.5 Å². The molecule has 0 saturated heterocycles. The van der Waals surface area contributed by atoms with Gasteiger partial charge in [-0.15, -0.1) is 0 Å². The summed E-state index contributed by atoms with van der Waals surface area (Å²) in [5.41, 5.74) is 4.25. The molecule has 3 aromatic rings. The van der Waals surface area contributed by atoms with Crippen molar-refractivity contribution in [2.24, 2.45) is 0 Å². The van der Waals surface area contributed by atoms with Gasteiger partial charge in [-0.3, -0.25) is 4.79 Å². The molecule has 0 atom stereocenters. The van der Waals surface area contributed by atoms with E-state index in [0.29, 0.717) is 28.0 Å². The Bertz CT molecular complexity index is 1020.